The monoisotopic (exact) mass is 409 g/mol. The Morgan fingerprint density at radius 2 is 1.57 bits per heavy atom. The lowest BCUT2D eigenvalue weighted by Crippen LogP contribution is -2.53. The third-order valence-electron chi connectivity index (χ3n) is 6.04. The summed E-state index contributed by atoms with van der Waals surface area (Å²) in [5, 5.41) is 0. The molecule has 0 aliphatic carbocycles. The van der Waals surface area contributed by atoms with E-state index in [2.05, 4.69) is 37.9 Å². The highest BCUT2D eigenvalue weighted by Crippen LogP contribution is 2.28. The number of carbonyl (C=O) groups is 1. The second-order valence-electron chi connectivity index (χ2n) is 7.95. The van der Waals surface area contributed by atoms with Crippen molar-refractivity contribution in [3.63, 3.8) is 0 Å². The van der Waals surface area contributed by atoms with Gasteiger partial charge in [0, 0.05) is 71.3 Å². The smallest absolute Gasteiger partial charge is 0.236 e. The normalized spacial score (nSPS) is 18.4. The number of pyridine rings is 1. The number of anilines is 1. The zero-order chi connectivity index (χ0) is 20.8. The standard InChI is InChI=1S/C23H31N5O2/c1-30-22-5-3-2-4-21(22)27-14-16-28(17-15-27)23(29)19-26-12-10-25(11-13-26)18-20-6-8-24-9-7-20/h2-9H,10-19H2,1H3. The molecule has 4 rings (SSSR count). The maximum Gasteiger partial charge on any atom is 0.236 e. The molecule has 7 nitrogen and oxygen atoms in total. The van der Waals surface area contributed by atoms with Gasteiger partial charge in [-0.05, 0) is 29.8 Å². The summed E-state index contributed by atoms with van der Waals surface area (Å²) in [5.74, 6) is 1.14. The van der Waals surface area contributed by atoms with Crippen LogP contribution in [-0.4, -0.2) is 91.6 Å². The number of carbonyl (C=O) groups excluding carboxylic acids is 1. The zero-order valence-electron chi connectivity index (χ0n) is 17.7. The molecular formula is C23H31N5O2. The molecule has 1 aromatic carbocycles. The number of hydrogen-bond acceptors (Lipinski definition) is 6. The molecule has 0 unspecified atom stereocenters. The topological polar surface area (TPSA) is 52.2 Å². The number of ether oxygens (including phenoxy) is 1. The number of benzene rings is 1. The third kappa shape index (κ3) is 5.09. The Morgan fingerprint density at radius 3 is 2.27 bits per heavy atom. The molecule has 2 saturated heterocycles. The van der Waals surface area contributed by atoms with E-state index in [4.69, 9.17) is 4.74 Å². The minimum absolute atomic E-state index is 0.247. The molecule has 1 amide bonds. The van der Waals surface area contributed by atoms with Crippen LogP contribution in [0.3, 0.4) is 0 Å². The highest BCUT2D eigenvalue weighted by molar-refractivity contribution is 5.78. The van der Waals surface area contributed by atoms with E-state index in [0.29, 0.717) is 6.54 Å². The number of amides is 1. The first-order valence-corrected chi connectivity index (χ1v) is 10.7. The zero-order valence-corrected chi connectivity index (χ0v) is 17.7. The van der Waals surface area contributed by atoms with Crippen LogP contribution in [-0.2, 0) is 11.3 Å². The Kier molecular flexibility index (Phi) is 6.81. The molecule has 30 heavy (non-hydrogen) atoms. The lowest BCUT2D eigenvalue weighted by atomic mass is 10.2. The first-order chi connectivity index (χ1) is 14.7. The fourth-order valence-electron chi connectivity index (χ4n) is 4.23. The van der Waals surface area contributed by atoms with E-state index in [1.165, 1.54) is 5.56 Å². The van der Waals surface area contributed by atoms with Gasteiger partial charge in [-0.2, -0.15) is 0 Å². The fourth-order valence-corrected chi connectivity index (χ4v) is 4.23. The molecular weight excluding hydrogens is 378 g/mol. The van der Waals surface area contributed by atoms with E-state index in [0.717, 1.165) is 70.3 Å². The lowest BCUT2D eigenvalue weighted by Gasteiger charge is -2.39. The van der Waals surface area contributed by atoms with E-state index >= 15 is 0 Å². The van der Waals surface area contributed by atoms with Crippen LogP contribution in [0.5, 0.6) is 5.75 Å². The molecule has 2 aliphatic rings. The van der Waals surface area contributed by atoms with E-state index in [-0.39, 0.29) is 5.91 Å². The molecule has 0 bridgehead atoms. The van der Waals surface area contributed by atoms with Gasteiger partial charge < -0.3 is 14.5 Å². The summed E-state index contributed by atoms with van der Waals surface area (Å²) in [4.78, 5) is 26.0. The maximum atomic E-state index is 12.8. The summed E-state index contributed by atoms with van der Waals surface area (Å²) in [6.07, 6.45) is 3.69. The van der Waals surface area contributed by atoms with Crippen LogP contribution in [0.4, 0.5) is 5.69 Å². The van der Waals surface area contributed by atoms with Crippen LogP contribution in [0.2, 0.25) is 0 Å². The van der Waals surface area contributed by atoms with Crippen molar-refractivity contribution in [2.75, 3.05) is 70.9 Å². The van der Waals surface area contributed by atoms with Crippen molar-refractivity contribution in [2.45, 2.75) is 6.54 Å². The number of hydrogen-bond donors (Lipinski definition) is 0. The molecule has 3 heterocycles. The second kappa shape index (κ2) is 9.91. The maximum absolute atomic E-state index is 12.8. The van der Waals surface area contributed by atoms with Gasteiger partial charge in [0.05, 0.1) is 19.3 Å². The highest BCUT2D eigenvalue weighted by atomic mass is 16.5. The summed E-state index contributed by atoms with van der Waals surface area (Å²) in [6, 6.07) is 12.2. The predicted molar refractivity (Wildman–Crippen MR) is 118 cm³/mol. The number of piperazine rings is 2. The van der Waals surface area contributed by atoms with Crippen molar-refractivity contribution in [3.05, 3.63) is 54.4 Å². The van der Waals surface area contributed by atoms with E-state index in [1.807, 2.05) is 35.5 Å². The Balaban J connectivity index is 1.21. The van der Waals surface area contributed by atoms with E-state index < -0.39 is 0 Å². The van der Waals surface area contributed by atoms with Crippen molar-refractivity contribution in [3.8, 4) is 5.75 Å². The van der Waals surface area contributed by atoms with Gasteiger partial charge in [-0.25, -0.2) is 0 Å². The van der Waals surface area contributed by atoms with E-state index in [1.54, 1.807) is 7.11 Å². The quantitative estimate of drug-likeness (QED) is 0.722. The molecule has 160 valence electrons. The average Bonchev–Trinajstić information content (AvgIpc) is 2.81. The van der Waals surface area contributed by atoms with Crippen LogP contribution >= 0.6 is 0 Å². The van der Waals surface area contributed by atoms with Gasteiger partial charge in [-0.3, -0.25) is 19.6 Å². The molecule has 1 aromatic heterocycles. The second-order valence-corrected chi connectivity index (χ2v) is 7.95. The lowest BCUT2D eigenvalue weighted by molar-refractivity contribution is -0.133. The fraction of sp³-hybridized carbons (Fsp3) is 0.478. The van der Waals surface area contributed by atoms with Crippen molar-refractivity contribution < 1.29 is 9.53 Å². The molecule has 2 aliphatic heterocycles. The number of aromatic nitrogens is 1. The molecule has 0 spiro atoms. The van der Waals surface area contributed by atoms with Gasteiger partial charge in [0.2, 0.25) is 5.91 Å². The molecule has 0 N–H and O–H groups in total. The van der Waals surface area contributed by atoms with Gasteiger partial charge in [-0.1, -0.05) is 12.1 Å². The van der Waals surface area contributed by atoms with Crippen molar-refractivity contribution >= 4 is 11.6 Å². The van der Waals surface area contributed by atoms with Crippen molar-refractivity contribution in [1.82, 2.24) is 19.7 Å². The molecule has 2 fully saturated rings. The van der Waals surface area contributed by atoms with Crippen LogP contribution in [0.1, 0.15) is 5.56 Å². The highest BCUT2D eigenvalue weighted by Gasteiger charge is 2.25. The largest absolute Gasteiger partial charge is 0.495 e. The van der Waals surface area contributed by atoms with Crippen LogP contribution in [0, 0.1) is 0 Å². The van der Waals surface area contributed by atoms with Gasteiger partial charge in [0.15, 0.2) is 0 Å². The van der Waals surface area contributed by atoms with Gasteiger partial charge in [0.25, 0.3) is 0 Å². The van der Waals surface area contributed by atoms with Crippen LogP contribution in [0.15, 0.2) is 48.8 Å². The van der Waals surface area contributed by atoms with Crippen LogP contribution in [0.25, 0.3) is 0 Å². The van der Waals surface area contributed by atoms with Crippen molar-refractivity contribution in [1.29, 1.82) is 0 Å². The van der Waals surface area contributed by atoms with Crippen molar-refractivity contribution in [2.24, 2.45) is 0 Å². The number of nitrogens with zero attached hydrogens (tertiary/aromatic N) is 5. The Hall–Kier alpha value is -2.64. The molecule has 2 aromatic rings. The summed E-state index contributed by atoms with van der Waals surface area (Å²) in [5.41, 5.74) is 2.40. The summed E-state index contributed by atoms with van der Waals surface area (Å²) in [7, 11) is 1.70. The van der Waals surface area contributed by atoms with E-state index in [9.17, 15) is 4.79 Å². The predicted octanol–water partition coefficient (Wildman–Crippen LogP) is 1.56. The third-order valence-corrected chi connectivity index (χ3v) is 6.04. The summed E-state index contributed by atoms with van der Waals surface area (Å²) in [6.45, 7) is 8.56. The summed E-state index contributed by atoms with van der Waals surface area (Å²) >= 11 is 0. The summed E-state index contributed by atoms with van der Waals surface area (Å²) < 4.78 is 5.48. The first-order valence-electron chi connectivity index (χ1n) is 10.7. The number of rotatable bonds is 6. The van der Waals surface area contributed by atoms with Gasteiger partial charge in [0.1, 0.15) is 5.75 Å². The Labute approximate surface area is 178 Å². The van der Waals surface area contributed by atoms with Gasteiger partial charge in [-0.15, -0.1) is 0 Å². The van der Waals surface area contributed by atoms with Gasteiger partial charge >= 0.3 is 0 Å². The number of para-hydroxylation sites is 2. The molecule has 7 heteroatoms. The first kappa shape index (κ1) is 20.6. The Bertz CT molecular complexity index is 815. The molecule has 0 atom stereocenters. The number of methoxy groups -OCH3 is 1. The minimum atomic E-state index is 0.247. The average molecular weight is 410 g/mol. The SMILES string of the molecule is COc1ccccc1N1CCN(C(=O)CN2CCN(Cc3ccncc3)CC2)CC1. The minimum Gasteiger partial charge on any atom is -0.495 e. The van der Waals surface area contributed by atoms with Crippen LogP contribution < -0.4 is 9.64 Å². The molecule has 0 saturated carbocycles. The molecule has 0 radical (unpaired) electrons. The Morgan fingerprint density at radius 1 is 0.900 bits per heavy atom.